The van der Waals surface area contributed by atoms with Crippen LogP contribution in [0.25, 0.3) is 11.0 Å². The first-order chi connectivity index (χ1) is 8.93. The monoisotopic (exact) mass is 272 g/mol. The largest absolute Gasteiger partial charge is 0.414 e. The number of rotatable bonds is 4. The first-order valence-corrected chi connectivity index (χ1v) is 6.12. The van der Waals surface area contributed by atoms with Crippen molar-refractivity contribution in [3.63, 3.8) is 0 Å². The molecule has 2 aromatic rings. The van der Waals surface area contributed by atoms with E-state index in [2.05, 4.69) is 4.98 Å². The van der Waals surface area contributed by atoms with Gasteiger partial charge in [-0.2, -0.15) is 13.2 Å². The van der Waals surface area contributed by atoms with Crippen molar-refractivity contribution in [1.29, 1.82) is 0 Å². The zero-order valence-corrected chi connectivity index (χ0v) is 10.5. The number of nitrogens with zero attached hydrogens (tertiary/aromatic N) is 2. The van der Waals surface area contributed by atoms with E-state index in [9.17, 15) is 18.3 Å². The fourth-order valence-electron chi connectivity index (χ4n) is 2.04. The molecule has 0 fully saturated rings. The third-order valence-corrected chi connectivity index (χ3v) is 2.93. The van der Waals surface area contributed by atoms with Crippen LogP contribution in [0.4, 0.5) is 13.2 Å². The Morgan fingerprint density at radius 2 is 2.00 bits per heavy atom. The second-order valence-electron chi connectivity index (χ2n) is 4.43. The second kappa shape index (κ2) is 5.21. The summed E-state index contributed by atoms with van der Waals surface area (Å²) in [6.07, 6.45) is -6.72. The molecule has 1 atom stereocenters. The summed E-state index contributed by atoms with van der Waals surface area (Å²) in [7, 11) is 0. The third-order valence-electron chi connectivity index (χ3n) is 2.93. The zero-order valence-electron chi connectivity index (χ0n) is 10.5. The van der Waals surface area contributed by atoms with Gasteiger partial charge in [-0.3, -0.25) is 0 Å². The van der Waals surface area contributed by atoms with Crippen LogP contribution >= 0.6 is 0 Å². The summed E-state index contributed by atoms with van der Waals surface area (Å²) in [6.45, 7) is 2.53. The Morgan fingerprint density at radius 1 is 1.32 bits per heavy atom. The van der Waals surface area contributed by atoms with E-state index in [0.717, 1.165) is 11.9 Å². The Balaban J connectivity index is 2.39. The van der Waals surface area contributed by atoms with Crippen LogP contribution in [0.1, 0.15) is 19.2 Å². The molecule has 1 heterocycles. The lowest BCUT2D eigenvalue weighted by Gasteiger charge is -2.15. The van der Waals surface area contributed by atoms with Crippen LogP contribution in [-0.2, 0) is 13.0 Å². The molecule has 0 radical (unpaired) electrons. The molecule has 2 rings (SSSR count). The SMILES string of the molecule is CCCn1c(CC(O)C(F)(F)F)nc2ccccc21. The van der Waals surface area contributed by atoms with E-state index in [1.54, 1.807) is 16.7 Å². The number of fused-ring (bicyclic) bond motifs is 1. The van der Waals surface area contributed by atoms with E-state index in [1.165, 1.54) is 0 Å². The van der Waals surface area contributed by atoms with Crippen molar-refractivity contribution < 1.29 is 18.3 Å². The van der Waals surface area contributed by atoms with Gasteiger partial charge in [-0.25, -0.2) is 4.98 Å². The van der Waals surface area contributed by atoms with Gasteiger partial charge in [0.05, 0.1) is 11.0 Å². The molecule has 0 amide bonds. The maximum atomic E-state index is 12.4. The summed E-state index contributed by atoms with van der Waals surface area (Å²) in [5, 5.41) is 9.18. The number of aromatic nitrogens is 2. The van der Waals surface area contributed by atoms with Crippen molar-refractivity contribution in [2.75, 3.05) is 0 Å². The Kier molecular flexibility index (Phi) is 3.80. The molecule has 0 bridgehead atoms. The molecule has 0 spiro atoms. The van der Waals surface area contributed by atoms with Crippen molar-refractivity contribution >= 4 is 11.0 Å². The quantitative estimate of drug-likeness (QED) is 0.929. The van der Waals surface area contributed by atoms with Crippen LogP contribution in [0.15, 0.2) is 24.3 Å². The summed E-state index contributed by atoms with van der Waals surface area (Å²) >= 11 is 0. The predicted octanol–water partition coefficient (Wildman–Crippen LogP) is 2.91. The number of para-hydroxylation sites is 2. The predicted molar refractivity (Wildman–Crippen MR) is 65.8 cm³/mol. The molecule has 0 aliphatic heterocycles. The molecular weight excluding hydrogens is 257 g/mol. The van der Waals surface area contributed by atoms with Gasteiger partial charge in [0.25, 0.3) is 0 Å². The molecule has 1 N–H and O–H groups in total. The summed E-state index contributed by atoms with van der Waals surface area (Å²) < 4.78 is 39.0. The van der Waals surface area contributed by atoms with E-state index < -0.39 is 18.7 Å². The summed E-state index contributed by atoms with van der Waals surface area (Å²) in [5.74, 6) is 0.271. The van der Waals surface area contributed by atoms with Gasteiger partial charge in [0.1, 0.15) is 5.82 Å². The molecule has 3 nitrogen and oxygen atoms in total. The molecule has 19 heavy (non-hydrogen) atoms. The standard InChI is InChI=1S/C13H15F3N2O/c1-2-7-18-10-6-4-3-5-9(10)17-12(18)8-11(19)13(14,15)16/h3-6,11,19H,2,7-8H2,1H3. The van der Waals surface area contributed by atoms with Gasteiger partial charge in [-0.05, 0) is 18.6 Å². The maximum absolute atomic E-state index is 12.4. The van der Waals surface area contributed by atoms with Crippen LogP contribution < -0.4 is 0 Å². The molecule has 0 aliphatic carbocycles. The Bertz CT molecular complexity index is 563. The number of halogens is 3. The molecule has 104 valence electrons. The molecule has 0 saturated heterocycles. The van der Waals surface area contributed by atoms with Crippen LogP contribution in [0.2, 0.25) is 0 Å². The van der Waals surface area contributed by atoms with Gasteiger partial charge in [0.2, 0.25) is 0 Å². The van der Waals surface area contributed by atoms with E-state index in [4.69, 9.17) is 0 Å². The summed E-state index contributed by atoms with van der Waals surface area (Å²) in [5.41, 5.74) is 1.45. The van der Waals surface area contributed by atoms with Gasteiger partial charge in [0.15, 0.2) is 6.10 Å². The lowest BCUT2D eigenvalue weighted by molar-refractivity contribution is -0.203. The van der Waals surface area contributed by atoms with Crippen molar-refractivity contribution in [2.45, 2.75) is 38.6 Å². The normalized spacial score (nSPS) is 13.9. The number of alkyl halides is 3. The van der Waals surface area contributed by atoms with Crippen molar-refractivity contribution in [1.82, 2.24) is 9.55 Å². The Labute approximate surface area is 108 Å². The van der Waals surface area contributed by atoms with E-state index in [1.807, 2.05) is 19.1 Å². The molecular formula is C13H15F3N2O. The molecule has 0 saturated carbocycles. The van der Waals surface area contributed by atoms with Crippen molar-refractivity contribution in [3.8, 4) is 0 Å². The number of hydrogen-bond acceptors (Lipinski definition) is 2. The van der Waals surface area contributed by atoms with Crippen LogP contribution in [0.3, 0.4) is 0 Å². The minimum Gasteiger partial charge on any atom is -0.383 e. The number of hydrogen-bond donors (Lipinski definition) is 1. The lowest BCUT2D eigenvalue weighted by Crippen LogP contribution is -2.31. The maximum Gasteiger partial charge on any atom is 0.414 e. The van der Waals surface area contributed by atoms with E-state index >= 15 is 0 Å². The summed E-state index contributed by atoms with van der Waals surface area (Å²) in [6, 6.07) is 7.18. The van der Waals surface area contributed by atoms with Crippen LogP contribution in [-0.4, -0.2) is 26.9 Å². The van der Waals surface area contributed by atoms with Crippen molar-refractivity contribution in [2.24, 2.45) is 0 Å². The molecule has 0 aliphatic rings. The molecule has 1 unspecified atom stereocenters. The zero-order chi connectivity index (χ0) is 14.0. The third kappa shape index (κ3) is 2.89. The molecule has 6 heteroatoms. The molecule has 1 aromatic carbocycles. The Morgan fingerprint density at radius 3 is 2.63 bits per heavy atom. The lowest BCUT2D eigenvalue weighted by atomic mass is 10.2. The van der Waals surface area contributed by atoms with E-state index in [-0.39, 0.29) is 5.82 Å². The molecule has 1 aromatic heterocycles. The first-order valence-electron chi connectivity index (χ1n) is 6.12. The smallest absolute Gasteiger partial charge is 0.383 e. The van der Waals surface area contributed by atoms with Gasteiger partial charge < -0.3 is 9.67 Å². The van der Waals surface area contributed by atoms with Gasteiger partial charge in [0, 0.05) is 13.0 Å². The van der Waals surface area contributed by atoms with Crippen LogP contribution in [0.5, 0.6) is 0 Å². The topological polar surface area (TPSA) is 38.0 Å². The fraction of sp³-hybridized carbons (Fsp3) is 0.462. The Hall–Kier alpha value is -1.56. The minimum absolute atomic E-state index is 0.271. The highest BCUT2D eigenvalue weighted by Crippen LogP contribution is 2.24. The average Bonchev–Trinajstić information content (AvgIpc) is 2.67. The van der Waals surface area contributed by atoms with Crippen LogP contribution in [0, 0.1) is 0 Å². The fourth-order valence-corrected chi connectivity index (χ4v) is 2.04. The minimum atomic E-state index is -4.62. The van der Waals surface area contributed by atoms with Gasteiger partial charge >= 0.3 is 6.18 Å². The number of aliphatic hydroxyl groups is 1. The highest BCUT2D eigenvalue weighted by Gasteiger charge is 2.39. The summed E-state index contributed by atoms with van der Waals surface area (Å²) in [4.78, 5) is 4.19. The number of benzene rings is 1. The van der Waals surface area contributed by atoms with Gasteiger partial charge in [-0.1, -0.05) is 19.1 Å². The van der Waals surface area contributed by atoms with Gasteiger partial charge in [-0.15, -0.1) is 0 Å². The average molecular weight is 272 g/mol. The first kappa shape index (κ1) is 13.9. The number of aryl methyl sites for hydroxylation is 1. The van der Waals surface area contributed by atoms with E-state index in [0.29, 0.717) is 12.1 Å². The number of aliphatic hydroxyl groups excluding tert-OH is 1. The number of imidazole rings is 1. The highest BCUT2D eigenvalue weighted by atomic mass is 19.4. The second-order valence-corrected chi connectivity index (χ2v) is 4.43. The highest BCUT2D eigenvalue weighted by molar-refractivity contribution is 5.75. The van der Waals surface area contributed by atoms with Crippen molar-refractivity contribution in [3.05, 3.63) is 30.1 Å².